The molecule has 2 amide bonds. The Kier molecular flexibility index (Phi) is 9.46. The second-order valence-corrected chi connectivity index (χ2v) is 13.8. The van der Waals surface area contributed by atoms with Gasteiger partial charge in [-0.15, -0.1) is 0 Å². The van der Waals surface area contributed by atoms with Gasteiger partial charge in [0.1, 0.15) is 17.0 Å². The number of nitrogens with zero attached hydrogens (tertiary/aromatic N) is 1. The molecule has 0 aliphatic carbocycles. The Morgan fingerprint density at radius 3 is 2.25 bits per heavy atom. The standard InChI is InChI=1S/C34H36Cl2F2N4O2/c1-32(2,3)17-26-34(18-39,23-15-12-20(35)16-25(23)37)27(22-8-7-9-24(36)28(22)38)29(42-26)30(43)41-21-13-10-19(11-14-21)33(4,5)31(44)40-6/h7-16,26-27,29,42H,17H2,1-6H3,(H,40,44)(H,41,43)/t26-,27-,29+,34-/m1/s1. The van der Waals surface area contributed by atoms with Gasteiger partial charge in [0.05, 0.1) is 22.5 Å². The predicted octanol–water partition coefficient (Wildman–Crippen LogP) is 7.26. The maximum absolute atomic E-state index is 15.8. The molecule has 6 nitrogen and oxygen atoms in total. The molecule has 0 bridgehead atoms. The molecule has 0 unspecified atom stereocenters. The molecule has 232 valence electrons. The van der Waals surface area contributed by atoms with Crippen molar-refractivity contribution >= 4 is 40.7 Å². The minimum atomic E-state index is -1.73. The quantitative estimate of drug-likeness (QED) is 0.253. The van der Waals surface area contributed by atoms with E-state index >= 15 is 8.78 Å². The first-order valence-corrected chi connectivity index (χ1v) is 15.0. The van der Waals surface area contributed by atoms with Gasteiger partial charge in [-0.3, -0.25) is 9.59 Å². The molecule has 3 aromatic rings. The molecule has 1 saturated heterocycles. The molecule has 4 atom stereocenters. The van der Waals surface area contributed by atoms with Crippen LogP contribution in [0, 0.1) is 28.4 Å². The van der Waals surface area contributed by atoms with E-state index in [2.05, 4.69) is 22.0 Å². The molecule has 0 spiro atoms. The van der Waals surface area contributed by atoms with Gasteiger partial charge >= 0.3 is 0 Å². The highest BCUT2D eigenvalue weighted by molar-refractivity contribution is 6.31. The van der Waals surface area contributed by atoms with Crippen molar-refractivity contribution in [1.82, 2.24) is 10.6 Å². The molecule has 4 rings (SSSR count). The van der Waals surface area contributed by atoms with Crippen LogP contribution >= 0.6 is 23.2 Å². The van der Waals surface area contributed by atoms with Crippen LogP contribution in [0.1, 0.15) is 63.6 Å². The lowest BCUT2D eigenvalue weighted by Gasteiger charge is -2.37. The predicted molar refractivity (Wildman–Crippen MR) is 170 cm³/mol. The SMILES string of the molecule is CNC(=O)C(C)(C)c1ccc(NC(=O)[C@H]2N[C@H](CC(C)(C)C)[C@@](C#N)(c3ccc(Cl)cc3F)[C@@H]2c2cccc(Cl)c2F)cc1. The lowest BCUT2D eigenvalue weighted by Crippen LogP contribution is -2.45. The highest BCUT2D eigenvalue weighted by atomic mass is 35.5. The Morgan fingerprint density at radius 2 is 1.68 bits per heavy atom. The van der Waals surface area contributed by atoms with Gasteiger partial charge in [0, 0.05) is 35.3 Å². The van der Waals surface area contributed by atoms with Crippen molar-refractivity contribution in [3.63, 3.8) is 0 Å². The molecule has 0 saturated carbocycles. The number of nitrogens with one attached hydrogen (secondary N) is 3. The normalized spacial score (nSPS) is 21.9. The van der Waals surface area contributed by atoms with Crippen molar-refractivity contribution in [2.24, 2.45) is 5.41 Å². The third kappa shape index (κ3) is 6.19. The van der Waals surface area contributed by atoms with Crippen LogP contribution in [0.3, 0.4) is 0 Å². The molecule has 44 heavy (non-hydrogen) atoms. The first kappa shape index (κ1) is 33.4. The number of anilines is 1. The molecular weight excluding hydrogens is 605 g/mol. The van der Waals surface area contributed by atoms with Crippen LogP contribution in [0.5, 0.6) is 0 Å². The van der Waals surface area contributed by atoms with Crippen LogP contribution in [-0.2, 0) is 20.4 Å². The largest absolute Gasteiger partial charge is 0.358 e. The highest BCUT2D eigenvalue weighted by Crippen LogP contribution is 2.53. The summed E-state index contributed by atoms with van der Waals surface area (Å²) in [5.41, 5.74) is -1.71. The van der Waals surface area contributed by atoms with E-state index in [1.807, 2.05) is 20.8 Å². The summed E-state index contributed by atoms with van der Waals surface area (Å²) in [7, 11) is 1.57. The van der Waals surface area contributed by atoms with Gasteiger partial charge in [-0.1, -0.05) is 74.3 Å². The Bertz CT molecular complexity index is 1610. The monoisotopic (exact) mass is 640 g/mol. The Morgan fingerprint density at radius 1 is 1.02 bits per heavy atom. The van der Waals surface area contributed by atoms with E-state index in [1.165, 1.54) is 24.3 Å². The zero-order valence-corrected chi connectivity index (χ0v) is 27.0. The summed E-state index contributed by atoms with van der Waals surface area (Å²) in [5, 5.41) is 19.8. The van der Waals surface area contributed by atoms with Crippen molar-refractivity contribution in [2.45, 2.75) is 69.9 Å². The van der Waals surface area contributed by atoms with Gasteiger partial charge in [-0.2, -0.15) is 5.26 Å². The number of amides is 2. The average Bonchev–Trinajstić information content (AvgIpc) is 3.27. The van der Waals surface area contributed by atoms with Gasteiger partial charge < -0.3 is 16.0 Å². The minimum absolute atomic E-state index is 0.00612. The molecule has 0 aromatic heterocycles. The third-order valence-corrected chi connectivity index (χ3v) is 8.93. The van der Waals surface area contributed by atoms with E-state index in [9.17, 15) is 14.9 Å². The zero-order chi connectivity index (χ0) is 32.6. The molecule has 1 fully saturated rings. The molecule has 1 aliphatic heterocycles. The van der Waals surface area contributed by atoms with Crippen LogP contribution in [-0.4, -0.2) is 30.9 Å². The van der Waals surface area contributed by atoms with Crippen molar-refractivity contribution < 1.29 is 18.4 Å². The van der Waals surface area contributed by atoms with E-state index in [0.29, 0.717) is 12.1 Å². The highest BCUT2D eigenvalue weighted by Gasteiger charge is 2.61. The number of carbonyl (C=O) groups is 2. The van der Waals surface area contributed by atoms with Gasteiger partial charge in [0.2, 0.25) is 11.8 Å². The minimum Gasteiger partial charge on any atom is -0.358 e. The molecule has 3 aromatic carbocycles. The molecular formula is C34H36Cl2F2N4O2. The Hall–Kier alpha value is -3.51. The van der Waals surface area contributed by atoms with Gasteiger partial charge in [-0.05, 0) is 67.1 Å². The topological polar surface area (TPSA) is 94.0 Å². The van der Waals surface area contributed by atoms with Crippen LogP contribution < -0.4 is 16.0 Å². The summed E-state index contributed by atoms with van der Waals surface area (Å²) in [6, 6.07) is 15.7. The van der Waals surface area contributed by atoms with Crippen LogP contribution in [0.2, 0.25) is 10.0 Å². The lowest BCUT2D eigenvalue weighted by molar-refractivity contribution is -0.125. The number of likely N-dealkylation sites (N-methyl/N-ethyl adjacent to an activating group) is 1. The zero-order valence-electron chi connectivity index (χ0n) is 25.5. The van der Waals surface area contributed by atoms with E-state index in [1.54, 1.807) is 51.2 Å². The maximum Gasteiger partial charge on any atom is 0.242 e. The number of hydrogen-bond donors (Lipinski definition) is 3. The van der Waals surface area contributed by atoms with Crippen molar-refractivity contribution in [1.29, 1.82) is 5.26 Å². The van der Waals surface area contributed by atoms with Gasteiger partial charge in [0.15, 0.2) is 0 Å². The first-order valence-electron chi connectivity index (χ1n) is 14.3. The summed E-state index contributed by atoms with van der Waals surface area (Å²) in [6.45, 7) is 9.50. The summed E-state index contributed by atoms with van der Waals surface area (Å²) in [5.74, 6) is -3.41. The fourth-order valence-electron chi connectivity index (χ4n) is 6.19. The molecule has 3 N–H and O–H groups in total. The first-order chi connectivity index (χ1) is 20.6. The molecule has 1 heterocycles. The Balaban J connectivity index is 1.86. The lowest BCUT2D eigenvalue weighted by atomic mass is 9.62. The summed E-state index contributed by atoms with van der Waals surface area (Å²) in [4.78, 5) is 26.5. The number of benzene rings is 3. The third-order valence-electron chi connectivity index (χ3n) is 8.40. The molecule has 0 radical (unpaired) electrons. The van der Waals surface area contributed by atoms with E-state index in [0.717, 1.165) is 11.6 Å². The van der Waals surface area contributed by atoms with Crippen molar-refractivity contribution in [3.8, 4) is 6.07 Å². The number of nitriles is 1. The fraction of sp³-hybridized carbons (Fsp3) is 0.382. The van der Waals surface area contributed by atoms with Gasteiger partial charge in [-0.25, -0.2) is 8.78 Å². The smallest absolute Gasteiger partial charge is 0.242 e. The summed E-state index contributed by atoms with van der Waals surface area (Å²) < 4.78 is 31.6. The molecule has 10 heteroatoms. The van der Waals surface area contributed by atoms with E-state index in [-0.39, 0.29) is 32.5 Å². The second kappa shape index (κ2) is 12.5. The number of halogens is 4. The summed E-state index contributed by atoms with van der Waals surface area (Å²) >= 11 is 12.3. The number of hydrogen-bond acceptors (Lipinski definition) is 4. The average molecular weight is 642 g/mol. The summed E-state index contributed by atoms with van der Waals surface area (Å²) in [6.07, 6.45) is 0.356. The Labute approximate surface area is 267 Å². The van der Waals surface area contributed by atoms with Gasteiger partial charge in [0.25, 0.3) is 0 Å². The van der Waals surface area contributed by atoms with Crippen molar-refractivity contribution in [3.05, 3.63) is 99.0 Å². The van der Waals surface area contributed by atoms with E-state index in [4.69, 9.17) is 23.2 Å². The number of rotatable bonds is 7. The fourth-order valence-corrected chi connectivity index (χ4v) is 6.53. The number of carbonyl (C=O) groups excluding carboxylic acids is 2. The van der Waals surface area contributed by atoms with E-state index < -0.39 is 46.4 Å². The second-order valence-electron chi connectivity index (χ2n) is 13.0. The maximum atomic E-state index is 15.8. The van der Waals surface area contributed by atoms with Crippen LogP contribution in [0.4, 0.5) is 14.5 Å². The molecule has 1 aliphatic rings. The van der Waals surface area contributed by atoms with Crippen LogP contribution in [0.15, 0.2) is 60.7 Å². The van der Waals surface area contributed by atoms with Crippen molar-refractivity contribution in [2.75, 3.05) is 12.4 Å². The van der Waals surface area contributed by atoms with Crippen LogP contribution in [0.25, 0.3) is 0 Å².